The number of anilines is 1. The minimum absolute atomic E-state index is 0.230. The van der Waals surface area contributed by atoms with Crippen molar-refractivity contribution in [1.29, 1.82) is 0 Å². The van der Waals surface area contributed by atoms with Crippen LogP contribution in [0.2, 0.25) is 0 Å². The first-order chi connectivity index (χ1) is 10.6. The molecule has 2 aromatic carbocycles. The highest BCUT2D eigenvalue weighted by Gasteiger charge is 2.17. The van der Waals surface area contributed by atoms with Crippen molar-refractivity contribution in [2.24, 2.45) is 0 Å². The van der Waals surface area contributed by atoms with Crippen molar-refractivity contribution < 1.29 is 4.74 Å². The molecule has 5 nitrogen and oxygen atoms in total. The molecule has 1 heterocycles. The molecule has 0 atom stereocenters. The molecule has 112 valence electrons. The highest BCUT2D eigenvalue weighted by Crippen LogP contribution is 2.20. The highest BCUT2D eigenvalue weighted by atomic mass is 16.5. The maximum absolute atomic E-state index is 12.5. The van der Waals surface area contributed by atoms with E-state index >= 15 is 0 Å². The number of benzene rings is 2. The first-order valence-electron chi connectivity index (χ1n) is 6.93. The lowest BCUT2D eigenvalue weighted by Crippen LogP contribution is -2.21. The van der Waals surface area contributed by atoms with Gasteiger partial charge >= 0.3 is 0 Å². The van der Waals surface area contributed by atoms with Crippen LogP contribution in [0.5, 0.6) is 5.75 Å². The molecule has 0 aliphatic carbocycles. The summed E-state index contributed by atoms with van der Waals surface area (Å²) in [4.78, 5) is 12.5. The predicted octanol–water partition coefficient (Wildman–Crippen LogP) is 2.53. The molecule has 0 aliphatic rings. The fourth-order valence-electron chi connectivity index (χ4n) is 2.46. The van der Waals surface area contributed by atoms with Crippen LogP contribution in [0.4, 0.5) is 5.69 Å². The van der Waals surface area contributed by atoms with Gasteiger partial charge in [0.2, 0.25) is 0 Å². The Balaban J connectivity index is 2.27. The Labute approximate surface area is 128 Å². The summed E-state index contributed by atoms with van der Waals surface area (Å²) >= 11 is 0. The monoisotopic (exact) mass is 295 g/mol. The number of para-hydroxylation sites is 1. The standard InChI is InChI=1S/C17H17N3O2/c1-12-16(18)17(21)20(14-8-10-15(22-2)11-9-14)19(12)13-6-4-3-5-7-13/h3-11H,18H2,1-2H3. The number of hydrogen-bond acceptors (Lipinski definition) is 3. The van der Waals surface area contributed by atoms with E-state index in [1.165, 1.54) is 0 Å². The van der Waals surface area contributed by atoms with Crippen molar-refractivity contribution in [3.8, 4) is 17.1 Å². The SMILES string of the molecule is COc1ccc(-n2c(=O)c(N)c(C)n2-c2ccccc2)cc1. The Morgan fingerprint density at radius 3 is 2.09 bits per heavy atom. The molecule has 3 aromatic rings. The summed E-state index contributed by atoms with van der Waals surface area (Å²) in [5.74, 6) is 0.735. The number of nitrogens with two attached hydrogens (primary N) is 1. The van der Waals surface area contributed by atoms with Gasteiger partial charge in [0.1, 0.15) is 11.4 Å². The van der Waals surface area contributed by atoms with Crippen molar-refractivity contribution in [2.45, 2.75) is 6.92 Å². The van der Waals surface area contributed by atoms with Crippen LogP contribution in [-0.4, -0.2) is 16.5 Å². The second-order valence-electron chi connectivity index (χ2n) is 4.96. The van der Waals surface area contributed by atoms with Gasteiger partial charge in [-0.3, -0.25) is 4.79 Å². The molecule has 5 heteroatoms. The molecule has 0 spiro atoms. The van der Waals surface area contributed by atoms with E-state index in [0.717, 1.165) is 17.1 Å². The summed E-state index contributed by atoms with van der Waals surface area (Å²) in [7, 11) is 1.61. The maximum Gasteiger partial charge on any atom is 0.295 e. The van der Waals surface area contributed by atoms with Crippen molar-refractivity contribution in [1.82, 2.24) is 9.36 Å². The Hall–Kier alpha value is -2.95. The third-order valence-electron chi connectivity index (χ3n) is 3.65. The first kappa shape index (κ1) is 14.0. The molecular weight excluding hydrogens is 278 g/mol. The molecule has 0 fully saturated rings. The second kappa shape index (κ2) is 5.44. The molecule has 1 aromatic heterocycles. The van der Waals surface area contributed by atoms with E-state index in [4.69, 9.17) is 10.5 Å². The van der Waals surface area contributed by atoms with Crippen LogP contribution in [0.25, 0.3) is 11.4 Å². The maximum atomic E-state index is 12.5. The van der Waals surface area contributed by atoms with E-state index < -0.39 is 0 Å². The third kappa shape index (κ3) is 2.16. The van der Waals surface area contributed by atoms with Crippen molar-refractivity contribution in [3.05, 3.63) is 70.6 Å². The number of methoxy groups -OCH3 is 1. The molecule has 0 unspecified atom stereocenters. The van der Waals surface area contributed by atoms with Gasteiger partial charge in [0.25, 0.3) is 5.56 Å². The number of ether oxygens (including phenoxy) is 1. The van der Waals surface area contributed by atoms with Crippen LogP contribution in [-0.2, 0) is 0 Å². The summed E-state index contributed by atoms with van der Waals surface area (Å²) in [5, 5.41) is 0. The number of nitrogen functional groups attached to an aromatic ring is 1. The Bertz CT molecular complexity index is 846. The lowest BCUT2D eigenvalue weighted by molar-refractivity contribution is 0.414. The Morgan fingerprint density at radius 2 is 1.50 bits per heavy atom. The zero-order valence-electron chi connectivity index (χ0n) is 12.5. The van der Waals surface area contributed by atoms with Crippen LogP contribution >= 0.6 is 0 Å². The van der Waals surface area contributed by atoms with E-state index in [1.807, 2.05) is 66.2 Å². The summed E-state index contributed by atoms with van der Waals surface area (Å²) in [6, 6.07) is 16.9. The van der Waals surface area contributed by atoms with Gasteiger partial charge in [-0.2, -0.15) is 0 Å². The molecule has 0 aliphatic heterocycles. The zero-order chi connectivity index (χ0) is 15.7. The summed E-state index contributed by atoms with van der Waals surface area (Å²) in [6.07, 6.45) is 0. The average molecular weight is 295 g/mol. The lowest BCUT2D eigenvalue weighted by atomic mass is 10.3. The van der Waals surface area contributed by atoms with Crippen LogP contribution in [0.3, 0.4) is 0 Å². The molecule has 0 amide bonds. The topological polar surface area (TPSA) is 62.2 Å². The Kier molecular flexibility index (Phi) is 3.47. The number of rotatable bonds is 3. The normalized spacial score (nSPS) is 10.6. The third-order valence-corrected chi connectivity index (χ3v) is 3.65. The number of nitrogens with zero attached hydrogens (tertiary/aromatic N) is 2. The molecule has 0 saturated heterocycles. The fraction of sp³-hybridized carbons (Fsp3) is 0.118. The van der Waals surface area contributed by atoms with Gasteiger partial charge in [-0.1, -0.05) is 18.2 Å². The van der Waals surface area contributed by atoms with Crippen molar-refractivity contribution >= 4 is 5.69 Å². The smallest absolute Gasteiger partial charge is 0.295 e. The van der Waals surface area contributed by atoms with Crippen LogP contribution in [0, 0.1) is 6.92 Å². The molecule has 3 rings (SSSR count). The van der Waals surface area contributed by atoms with Crippen LogP contribution < -0.4 is 16.0 Å². The molecule has 0 bridgehead atoms. The highest BCUT2D eigenvalue weighted by molar-refractivity contribution is 5.50. The van der Waals surface area contributed by atoms with Gasteiger partial charge in [0.15, 0.2) is 0 Å². The fourth-order valence-corrected chi connectivity index (χ4v) is 2.46. The van der Waals surface area contributed by atoms with Gasteiger partial charge in [0, 0.05) is 0 Å². The summed E-state index contributed by atoms with van der Waals surface area (Å²) in [6.45, 7) is 1.84. The molecule has 2 N–H and O–H groups in total. The van der Waals surface area contributed by atoms with Crippen LogP contribution in [0.15, 0.2) is 59.4 Å². The number of aromatic nitrogens is 2. The van der Waals surface area contributed by atoms with Gasteiger partial charge < -0.3 is 10.5 Å². The average Bonchev–Trinajstić information content (AvgIpc) is 2.80. The summed E-state index contributed by atoms with van der Waals surface area (Å²) in [5.41, 5.74) is 8.30. The molecule has 22 heavy (non-hydrogen) atoms. The van der Waals surface area contributed by atoms with Gasteiger partial charge in [-0.05, 0) is 43.3 Å². The van der Waals surface area contributed by atoms with E-state index in [0.29, 0.717) is 5.69 Å². The van der Waals surface area contributed by atoms with E-state index in [-0.39, 0.29) is 11.2 Å². The second-order valence-corrected chi connectivity index (χ2v) is 4.96. The molecule has 0 radical (unpaired) electrons. The first-order valence-corrected chi connectivity index (χ1v) is 6.93. The predicted molar refractivity (Wildman–Crippen MR) is 87.1 cm³/mol. The van der Waals surface area contributed by atoms with E-state index in [2.05, 4.69) is 0 Å². The largest absolute Gasteiger partial charge is 0.497 e. The van der Waals surface area contributed by atoms with Gasteiger partial charge in [0.05, 0.1) is 24.2 Å². The van der Waals surface area contributed by atoms with Crippen molar-refractivity contribution in [2.75, 3.05) is 12.8 Å². The van der Waals surface area contributed by atoms with Crippen molar-refractivity contribution in [3.63, 3.8) is 0 Å². The van der Waals surface area contributed by atoms with E-state index in [1.54, 1.807) is 11.8 Å². The summed E-state index contributed by atoms with van der Waals surface area (Å²) < 4.78 is 8.55. The van der Waals surface area contributed by atoms with Gasteiger partial charge in [-0.25, -0.2) is 9.36 Å². The molecule has 0 saturated carbocycles. The van der Waals surface area contributed by atoms with Crippen LogP contribution in [0.1, 0.15) is 5.69 Å². The van der Waals surface area contributed by atoms with E-state index in [9.17, 15) is 4.79 Å². The minimum atomic E-state index is -0.230. The minimum Gasteiger partial charge on any atom is -0.497 e. The zero-order valence-corrected chi connectivity index (χ0v) is 12.5. The quantitative estimate of drug-likeness (QED) is 0.807. The number of hydrogen-bond donors (Lipinski definition) is 1. The molecular formula is C17H17N3O2. The Morgan fingerprint density at radius 1 is 0.909 bits per heavy atom. The lowest BCUT2D eigenvalue weighted by Gasteiger charge is -2.13. The van der Waals surface area contributed by atoms with Gasteiger partial charge in [-0.15, -0.1) is 0 Å².